The molecule has 0 saturated carbocycles. The van der Waals surface area contributed by atoms with E-state index in [1.54, 1.807) is 12.1 Å². The normalized spacial score (nSPS) is 10.8. The van der Waals surface area contributed by atoms with Crippen LogP contribution in [0.3, 0.4) is 0 Å². The molecule has 0 N–H and O–H groups in total. The molecule has 0 aliphatic carbocycles. The van der Waals surface area contributed by atoms with Crippen LogP contribution in [0.5, 0.6) is 5.75 Å². The van der Waals surface area contributed by atoms with Gasteiger partial charge in [0, 0.05) is 0 Å². The Kier molecular flexibility index (Phi) is 5.74. The molecular weight excluding hydrogens is 367 g/mol. The van der Waals surface area contributed by atoms with Gasteiger partial charge in [0.25, 0.3) is 0 Å². The quantitative estimate of drug-likeness (QED) is 0.343. The Bertz CT molecular complexity index is 960. The lowest BCUT2D eigenvalue weighted by molar-refractivity contribution is 0.306. The molecule has 0 spiro atoms. The zero-order valence-corrected chi connectivity index (χ0v) is 16.1. The van der Waals surface area contributed by atoms with Crippen molar-refractivity contribution in [1.82, 2.24) is 0 Å². The fourth-order valence-corrected chi connectivity index (χ4v) is 5.02. The standard InChI is InChI=1S/C25H20FOS/c26-21-13-11-20(12-14-21)19-27-22-15-17-25(18-16-22)28(23-7-3-1-4-8-23)24-9-5-2-6-10-24/h1-18H,19H2/q+1. The summed E-state index contributed by atoms with van der Waals surface area (Å²) in [6.45, 7) is 0.419. The van der Waals surface area contributed by atoms with Gasteiger partial charge in [0.2, 0.25) is 0 Å². The van der Waals surface area contributed by atoms with Crippen LogP contribution in [0.2, 0.25) is 0 Å². The Labute approximate surface area is 167 Å². The molecule has 0 fully saturated rings. The molecule has 4 aromatic rings. The van der Waals surface area contributed by atoms with Gasteiger partial charge in [-0.1, -0.05) is 48.5 Å². The van der Waals surface area contributed by atoms with Crippen LogP contribution < -0.4 is 4.74 Å². The van der Waals surface area contributed by atoms with Gasteiger partial charge in [-0.3, -0.25) is 0 Å². The maximum absolute atomic E-state index is 13.0. The van der Waals surface area contributed by atoms with E-state index in [1.807, 2.05) is 24.3 Å². The van der Waals surface area contributed by atoms with Gasteiger partial charge in [0.15, 0.2) is 14.7 Å². The minimum atomic E-state index is -0.234. The van der Waals surface area contributed by atoms with Crippen LogP contribution in [0.1, 0.15) is 5.56 Å². The van der Waals surface area contributed by atoms with Gasteiger partial charge in [0.05, 0.1) is 10.9 Å². The topological polar surface area (TPSA) is 9.23 Å². The van der Waals surface area contributed by atoms with Gasteiger partial charge < -0.3 is 4.74 Å². The van der Waals surface area contributed by atoms with Crippen LogP contribution >= 0.6 is 0 Å². The van der Waals surface area contributed by atoms with E-state index in [9.17, 15) is 4.39 Å². The van der Waals surface area contributed by atoms with Crippen molar-refractivity contribution in [3.8, 4) is 5.75 Å². The minimum Gasteiger partial charge on any atom is -0.489 e. The van der Waals surface area contributed by atoms with Crippen LogP contribution in [0.25, 0.3) is 0 Å². The molecule has 0 bridgehead atoms. The molecule has 1 nitrogen and oxygen atoms in total. The predicted octanol–water partition coefficient (Wildman–Crippen LogP) is 6.50. The van der Waals surface area contributed by atoms with Crippen LogP contribution in [0.15, 0.2) is 124 Å². The maximum Gasteiger partial charge on any atom is 0.166 e. The van der Waals surface area contributed by atoms with Gasteiger partial charge in [-0.05, 0) is 66.2 Å². The Morgan fingerprint density at radius 2 is 1.07 bits per heavy atom. The lowest BCUT2D eigenvalue weighted by atomic mass is 10.2. The highest BCUT2D eigenvalue weighted by Crippen LogP contribution is 2.32. The van der Waals surface area contributed by atoms with Gasteiger partial charge in [-0.25, -0.2) is 4.39 Å². The smallest absolute Gasteiger partial charge is 0.166 e. The summed E-state index contributed by atoms with van der Waals surface area (Å²) in [5.74, 6) is 0.569. The van der Waals surface area contributed by atoms with Gasteiger partial charge >= 0.3 is 0 Å². The average molecular weight is 387 g/mol. The largest absolute Gasteiger partial charge is 0.489 e. The van der Waals surface area contributed by atoms with Gasteiger partial charge in [0.1, 0.15) is 18.2 Å². The van der Waals surface area contributed by atoms with Crippen LogP contribution in [-0.2, 0) is 17.5 Å². The third-order valence-electron chi connectivity index (χ3n) is 4.34. The number of rotatable bonds is 6. The van der Waals surface area contributed by atoms with Crippen molar-refractivity contribution in [1.29, 1.82) is 0 Å². The van der Waals surface area contributed by atoms with Crippen LogP contribution in [-0.4, -0.2) is 0 Å². The van der Waals surface area contributed by atoms with E-state index in [-0.39, 0.29) is 16.7 Å². The molecule has 4 aromatic carbocycles. The van der Waals surface area contributed by atoms with Crippen molar-refractivity contribution in [3.63, 3.8) is 0 Å². The second-order valence-corrected chi connectivity index (χ2v) is 8.35. The van der Waals surface area contributed by atoms with Crippen molar-refractivity contribution in [2.75, 3.05) is 0 Å². The molecular formula is C25H20FOS+. The third-order valence-corrected chi connectivity index (χ3v) is 6.57. The van der Waals surface area contributed by atoms with E-state index in [0.717, 1.165) is 11.3 Å². The zero-order chi connectivity index (χ0) is 19.2. The number of hydrogen-bond acceptors (Lipinski definition) is 1. The van der Waals surface area contributed by atoms with Crippen molar-refractivity contribution in [2.24, 2.45) is 0 Å². The molecule has 0 amide bonds. The average Bonchev–Trinajstić information content (AvgIpc) is 2.76. The molecule has 28 heavy (non-hydrogen) atoms. The second-order valence-electron chi connectivity index (χ2n) is 6.32. The van der Waals surface area contributed by atoms with Gasteiger partial charge in [-0.15, -0.1) is 0 Å². The first kappa shape index (κ1) is 18.3. The molecule has 3 heteroatoms. The zero-order valence-electron chi connectivity index (χ0n) is 15.3. The number of ether oxygens (including phenoxy) is 1. The number of benzene rings is 4. The van der Waals surface area contributed by atoms with Crippen LogP contribution in [0, 0.1) is 5.82 Å². The molecule has 0 aliphatic rings. The SMILES string of the molecule is Fc1ccc(COc2ccc([S+](c3ccccc3)c3ccccc3)cc2)cc1. The first-order chi connectivity index (χ1) is 13.8. The highest BCUT2D eigenvalue weighted by atomic mass is 32.2. The van der Waals surface area contributed by atoms with E-state index in [4.69, 9.17) is 4.74 Å². The molecule has 0 heterocycles. The molecule has 0 radical (unpaired) electrons. The Morgan fingerprint density at radius 3 is 1.61 bits per heavy atom. The lowest BCUT2D eigenvalue weighted by Crippen LogP contribution is -2.04. The summed E-state index contributed by atoms with van der Waals surface area (Å²) in [4.78, 5) is 3.81. The van der Waals surface area contributed by atoms with E-state index in [2.05, 4.69) is 60.7 Å². The summed E-state index contributed by atoms with van der Waals surface area (Å²) in [5, 5.41) is 0. The fourth-order valence-electron chi connectivity index (χ4n) is 2.94. The van der Waals surface area contributed by atoms with E-state index in [0.29, 0.717) is 6.61 Å². The predicted molar refractivity (Wildman–Crippen MR) is 112 cm³/mol. The molecule has 0 saturated heterocycles. The van der Waals surface area contributed by atoms with Crippen molar-refractivity contribution in [2.45, 2.75) is 21.3 Å². The van der Waals surface area contributed by atoms with E-state index < -0.39 is 0 Å². The summed E-state index contributed by atoms with van der Waals surface area (Å²) in [7, 11) is -0.163. The van der Waals surface area contributed by atoms with Crippen molar-refractivity contribution < 1.29 is 9.13 Å². The molecule has 4 rings (SSSR count). The van der Waals surface area contributed by atoms with Crippen molar-refractivity contribution in [3.05, 3.63) is 121 Å². The van der Waals surface area contributed by atoms with Crippen LogP contribution in [0.4, 0.5) is 4.39 Å². The number of halogens is 1. The first-order valence-electron chi connectivity index (χ1n) is 9.11. The van der Waals surface area contributed by atoms with E-state index in [1.165, 1.54) is 26.8 Å². The Hall–Kier alpha value is -3.04. The lowest BCUT2D eigenvalue weighted by Gasteiger charge is -2.10. The maximum atomic E-state index is 13.0. The van der Waals surface area contributed by atoms with Crippen molar-refractivity contribution >= 4 is 10.9 Å². The summed E-state index contributed by atoms with van der Waals surface area (Å²) in [6.07, 6.45) is 0. The molecule has 0 aliphatic heterocycles. The Morgan fingerprint density at radius 1 is 0.571 bits per heavy atom. The van der Waals surface area contributed by atoms with E-state index >= 15 is 0 Å². The second kappa shape index (κ2) is 8.77. The molecule has 0 atom stereocenters. The summed E-state index contributed by atoms with van der Waals surface area (Å²) < 4.78 is 18.9. The van der Waals surface area contributed by atoms with Gasteiger partial charge in [-0.2, -0.15) is 0 Å². The third kappa shape index (κ3) is 4.44. The highest BCUT2D eigenvalue weighted by Gasteiger charge is 2.28. The summed E-state index contributed by atoms with van der Waals surface area (Å²) >= 11 is 0. The Balaban J connectivity index is 1.55. The summed E-state index contributed by atoms with van der Waals surface area (Å²) in [6, 6.07) is 35.8. The number of hydrogen-bond donors (Lipinski definition) is 0. The highest BCUT2D eigenvalue weighted by molar-refractivity contribution is 7.97. The molecule has 138 valence electrons. The molecule has 0 aromatic heterocycles. The minimum absolute atomic E-state index is 0.163. The molecule has 0 unspecified atom stereocenters. The fraction of sp³-hybridized carbons (Fsp3) is 0.0400. The monoisotopic (exact) mass is 387 g/mol. The summed E-state index contributed by atoms with van der Waals surface area (Å²) in [5.41, 5.74) is 0.943. The first-order valence-corrected chi connectivity index (χ1v) is 10.3.